The van der Waals surface area contributed by atoms with Gasteiger partial charge >= 0.3 is 5.63 Å². The molecule has 0 spiro atoms. The lowest BCUT2D eigenvalue weighted by Gasteiger charge is -2.38. The second kappa shape index (κ2) is 10.3. The largest absolute Gasteiger partial charge is 0.484 e. The zero-order chi connectivity index (χ0) is 23.4. The van der Waals surface area contributed by atoms with E-state index in [-0.39, 0.29) is 25.2 Å². The van der Waals surface area contributed by atoms with Crippen LogP contribution in [0.1, 0.15) is 18.5 Å². The fourth-order valence-corrected chi connectivity index (χ4v) is 4.20. The van der Waals surface area contributed by atoms with Gasteiger partial charge in [-0.05, 0) is 37.3 Å². The molecule has 4 rings (SSSR count). The predicted octanol–water partition coefficient (Wildman–Crippen LogP) is 3.54. The molecular weight excluding hydrogens is 451 g/mol. The number of nitrogens with one attached hydrogen (secondary N) is 1. The lowest BCUT2D eigenvalue weighted by atomic mass is 10.0. The Morgan fingerprint density at radius 3 is 2.91 bits per heavy atom. The number of rotatable bonds is 7. The third kappa shape index (κ3) is 5.71. The molecule has 0 radical (unpaired) electrons. The van der Waals surface area contributed by atoms with Gasteiger partial charge in [0.15, 0.2) is 6.61 Å². The molecule has 1 saturated heterocycles. The minimum atomic E-state index is -0.465. The second-order valence-electron chi connectivity index (χ2n) is 7.87. The number of amides is 1. The predicted molar refractivity (Wildman–Crippen MR) is 122 cm³/mol. The molecule has 2 heterocycles. The van der Waals surface area contributed by atoms with Crippen molar-refractivity contribution >= 4 is 28.5 Å². The molecule has 1 aliphatic rings. The Kier molecular flexibility index (Phi) is 7.27. The second-order valence-corrected chi connectivity index (χ2v) is 8.28. The van der Waals surface area contributed by atoms with Gasteiger partial charge < -0.3 is 19.2 Å². The summed E-state index contributed by atoms with van der Waals surface area (Å²) in [4.78, 5) is 26.0. The minimum Gasteiger partial charge on any atom is -0.484 e. The van der Waals surface area contributed by atoms with Crippen LogP contribution in [-0.4, -0.2) is 49.8 Å². The van der Waals surface area contributed by atoms with Crippen LogP contribution in [0.3, 0.4) is 0 Å². The number of carbonyl (C=O) groups is 1. The summed E-state index contributed by atoms with van der Waals surface area (Å²) in [6, 6.07) is 12.1. The van der Waals surface area contributed by atoms with Gasteiger partial charge in [0.25, 0.3) is 5.91 Å². The van der Waals surface area contributed by atoms with Crippen LogP contribution >= 0.6 is 11.6 Å². The van der Waals surface area contributed by atoms with Gasteiger partial charge in [-0.15, -0.1) is 0 Å². The van der Waals surface area contributed by atoms with Crippen LogP contribution in [0.15, 0.2) is 57.7 Å². The Morgan fingerprint density at radius 2 is 2.12 bits per heavy atom. The van der Waals surface area contributed by atoms with Crippen LogP contribution in [0.5, 0.6) is 5.75 Å². The Morgan fingerprint density at radius 1 is 1.30 bits per heavy atom. The number of hydrogen-bond donors (Lipinski definition) is 1. The van der Waals surface area contributed by atoms with Crippen LogP contribution < -0.4 is 15.7 Å². The van der Waals surface area contributed by atoms with Crippen LogP contribution in [-0.2, 0) is 9.53 Å². The van der Waals surface area contributed by atoms with Gasteiger partial charge in [0, 0.05) is 47.7 Å². The minimum absolute atomic E-state index is 0.0150. The fourth-order valence-electron chi connectivity index (χ4n) is 3.91. The zero-order valence-electron chi connectivity index (χ0n) is 18.1. The highest BCUT2D eigenvalue weighted by molar-refractivity contribution is 6.31. The van der Waals surface area contributed by atoms with Gasteiger partial charge in [0.05, 0.1) is 18.8 Å². The third-order valence-corrected chi connectivity index (χ3v) is 5.83. The van der Waals surface area contributed by atoms with Gasteiger partial charge in [-0.3, -0.25) is 9.69 Å². The first kappa shape index (κ1) is 23.2. The van der Waals surface area contributed by atoms with E-state index in [9.17, 15) is 14.0 Å². The maximum atomic E-state index is 14.7. The molecule has 1 amide bonds. The Bertz CT molecular complexity index is 1180. The standard InChI is InChI=1S/C24H24ClFN2O5/c1-15-13-28(9-10-31-15)20(24-18(25)3-2-4-19(24)26)12-27-22(29)14-32-17-7-5-16-6-8-23(30)33-21(16)11-17/h2-8,11,15,20H,9-10,12-14H2,1H3,(H,27,29). The molecule has 3 aromatic rings. The topological polar surface area (TPSA) is 81.0 Å². The molecule has 1 fully saturated rings. The van der Waals surface area contributed by atoms with E-state index in [2.05, 4.69) is 10.2 Å². The number of carbonyl (C=O) groups excluding carboxylic acids is 1. The van der Waals surface area contributed by atoms with E-state index in [0.29, 0.717) is 41.6 Å². The molecule has 0 aliphatic carbocycles. The summed E-state index contributed by atoms with van der Waals surface area (Å²) in [5.41, 5.74) is 0.253. The molecule has 1 aromatic heterocycles. The van der Waals surface area contributed by atoms with Crippen molar-refractivity contribution in [3.8, 4) is 5.75 Å². The summed E-state index contributed by atoms with van der Waals surface area (Å²) in [6.45, 7) is 3.55. The van der Waals surface area contributed by atoms with Crippen molar-refractivity contribution in [1.82, 2.24) is 10.2 Å². The zero-order valence-corrected chi connectivity index (χ0v) is 18.8. The van der Waals surface area contributed by atoms with E-state index in [0.717, 1.165) is 5.39 Å². The van der Waals surface area contributed by atoms with E-state index in [1.54, 1.807) is 36.4 Å². The summed E-state index contributed by atoms with van der Waals surface area (Å²) >= 11 is 6.33. The average Bonchev–Trinajstić information content (AvgIpc) is 2.79. The fraction of sp³-hybridized carbons (Fsp3) is 0.333. The van der Waals surface area contributed by atoms with Crippen LogP contribution in [0.2, 0.25) is 5.02 Å². The number of benzene rings is 2. The molecule has 174 valence electrons. The van der Waals surface area contributed by atoms with Crippen molar-refractivity contribution in [3.05, 3.63) is 75.4 Å². The summed E-state index contributed by atoms with van der Waals surface area (Å²) in [5.74, 6) is -0.402. The lowest BCUT2D eigenvalue weighted by Crippen LogP contribution is -2.47. The highest BCUT2D eigenvalue weighted by Gasteiger charge is 2.29. The quantitative estimate of drug-likeness (QED) is 0.527. The molecule has 2 unspecified atom stereocenters. The van der Waals surface area contributed by atoms with Crippen LogP contribution in [0, 0.1) is 5.82 Å². The van der Waals surface area contributed by atoms with Crippen molar-refractivity contribution in [3.63, 3.8) is 0 Å². The Labute approximate surface area is 195 Å². The Balaban J connectivity index is 1.43. The van der Waals surface area contributed by atoms with Gasteiger partial charge in [-0.2, -0.15) is 0 Å². The van der Waals surface area contributed by atoms with E-state index >= 15 is 0 Å². The molecule has 7 nitrogen and oxygen atoms in total. The van der Waals surface area contributed by atoms with Crippen LogP contribution in [0.4, 0.5) is 4.39 Å². The van der Waals surface area contributed by atoms with Crippen LogP contribution in [0.25, 0.3) is 11.0 Å². The smallest absolute Gasteiger partial charge is 0.336 e. The summed E-state index contributed by atoms with van der Waals surface area (Å²) in [5, 5.41) is 3.87. The number of ether oxygens (including phenoxy) is 2. The van der Waals surface area contributed by atoms with E-state index in [1.165, 1.54) is 12.1 Å². The normalized spacial score (nSPS) is 17.6. The number of fused-ring (bicyclic) bond motifs is 1. The van der Waals surface area contributed by atoms with Gasteiger partial charge in [-0.1, -0.05) is 17.7 Å². The Hall–Kier alpha value is -2.94. The van der Waals surface area contributed by atoms with Crippen molar-refractivity contribution < 1.29 is 23.1 Å². The molecular formula is C24H24ClFN2O5. The van der Waals surface area contributed by atoms with Crippen molar-refractivity contribution in [2.24, 2.45) is 0 Å². The molecule has 0 bridgehead atoms. The molecule has 0 saturated carbocycles. The number of nitrogens with zero attached hydrogens (tertiary/aromatic N) is 1. The SMILES string of the molecule is CC1CN(C(CNC(=O)COc2ccc3ccc(=O)oc3c2)c2c(F)cccc2Cl)CCO1. The summed E-state index contributed by atoms with van der Waals surface area (Å²) in [7, 11) is 0. The highest BCUT2D eigenvalue weighted by atomic mass is 35.5. The molecule has 1 aliphatic heterocycles. The first-order valence-electron chi connectivity index (χ1n) is 10.6. The maximum absolute atomic E-state index is 14.7. The van der Waals surface area contributed by atoms with E-state index < -0.39 is 17.5 Å². The number of hydrogen-bond acceptors (Lipinski definition) is 6. The molecule has 9 heteroatoms. The van der Waals surface area contributed by atoms with Crippen molar-refractivity contribution in [2.75, 3.05) is 32.8 Å². The average molecular weight is 475 g/mol. The van der Waals surface area contributed by atoms with Crippen molar-refractivity contribution in [1.29, 1.82) is 0 Å². The monoisotopic (exact) mass is 474 g/mol. The number of morpholine rings is 1. The molecule has 2 aromatic carbocycles. The first-order valence-corrected chi connectivity index (χ1v) is 11.0. The van der Waals surface area contributed by atoms with Gasteiger partial charge in [0.2, 0.25) is 0 Å². The van der Waals surface area contributed by atoms with Gasteiger partial charge in [-0.25, -0.2) is 9.18 Å². The maximum Gasteiger partial charge on any atom is 0.336 e. The van der Waals surface area contributed by atoms with E-state index in [1.807, 2.05) is 6.92 Å². The molecule has 33 heavy (non-hydrogen) atoms. The highest BCUT2D eigenvalue weighted by Crippen LogP contribution is 2.31. The summed E-state index contributed by atoms with van der Waals surface area (Å²) < 4.78 is 31.0. The number of halogens is 2. The third-order valence-electron chi connectivity index (χ3n) is 5.50. The summed E-state index contributed by atoms with van der Waals surface area (Å²) in [6.07, 6.45) is -0.0150. The van der Waals surface area contributed by atoms with E-state index in [4.69, 9.17) is 25.5 Å². The van der Waals surface area contributed by atoms with Crippen molar-refractivity contribution in [2.45, 2.75) is 19.1 Å². The van der Waals surface area contributed by atoms with Gasteiger partial charge in [0.1, 0.15) is 17.1 Å². The molecule has 1 N–H and O–H groups in total. The molecule has 2 atom stereocenters. The first-order chi connectivity index (χ1) is 15.9. The lowest BCUT2D eigenvalue weighted by molar-refractivity contribution is -0.123.